The summed E-state index contributed by atoms with van der Waals surface area (Å²) in [5.41, 5.74) is 1.36. The molecule has 152 valence electrons. The van der Waals surface area contributed by atoms with Gasteiger partial charge in [0.15, 0.2) is 5.65 Å². The van der Waals surface area contributed by atoms with Gasteiger partial charge in [-0.05, 0) is 50.0 Å². The number of rotatable bonds is 4. The minimum Gasteiger partial charge on any atom is -0.378 e. The number of hydrogen-bond acceptors (Lipinski definition) is 6. The zero-order valence-corrected chi connectivity index (χ0v) is 18.5. The number of nitrogens with zero attached hydrogens (tertiary/aromatic N) is 4. The summed E-state index contributed by atoms with van der Waals surface area (Å²) in [4.78, 5) is 15.6. The molecule has 1 aromatic carbocycles. The van der Waals surface area contributed by atoms with E-state index < -0.39 is 0 Å². The summed E-state index contributed by atoms with van der Waals surface area (Å²) in [6.07, 6.45) is 12.0. The van der Waals surface area contributed by atoms with Crippen molar-refractivity contribution in [3.8, 4) is 0 Å². The van der Waals surface area contributed by atoms with E-state index in [4.69, 9.17) is 9.72 Å². The van der Waals surface area contributed by atoms with Crippen molar-refractivity contribution in [2.45, 2.75) is 47.0 Å². The van der Waals surface area contributed by atoms with Gasteiger partial charge in [-0.15, -0.1) is 11.8 Å². The van der Waals surface area contributed by atoms with Crippen LogP contribution in [0.15, 0.2) is 57.5 Å². The van der Waals surface area contributed by atoms with E-state index in [1.54, 1.807) is 23.5 Å². The number of hydrogen-bond donors (Lipinski definition) is 0. The molecule has 0 aliphatic carbocycles. The fourth-order valence-corrected chi connectivity index (χ4v) is 6.35. The Labute approximate surface area is 180 Å². The Hall–Kier alpha value is -1.70. The molecule has 2 aliphatic heterocycles. The third kappa shape index (κ3) is 3.64. The maximum atomic E-state index is 5.88. The van der Waals surface area contributed by atoms with Crippen LogP contribution in [-0.4, -0.2) is 46.4 Å². The lowest BCUT2D eigenvalue weighted by molar-refractivity contribution is 0.0975. The molecule has 7 heteroatoms. The van der Waals surface area contributed by atoms with E-state index in [1.807, 2.05) is 18.6 Å². The first-order valence-electron chi connectivity index (χ1n) is 10.2. The van der Waals surface area contributed by atoms with Gasteiger partial charge in [-0.1, -0.05) is 23.9 Å². The average Bonchev–Trinajstić information content (AvgIpc) is 3.37. The maximum Gasteiger partial charge on any atom is 0.211 e. The van der Waals surface area contributed by atoms with Gasteiger partial charge in [0, 0.05) is 41.5 Å². The Morgan fingerprint density at radius 1 is 1.10 bits per heavy atom. The zero-order valence-electron chi connectivity index (χ0n) is 16.9. The second-order valence-corrected chi connectivity index (χ2v) is 10.0. The molecular weight excluding hydrogens is 400 g/mol. The first kappa shape index (κ1) is 19.3. The first-order chi connectivity index (χ1) is 14.2. The average molecular weight is 427 g/mol. The summed E-state index contributed by atoms with van der Waals surface area (Å²) in [5.74, 6) is 1.00. The highest BCUT2D eigenvalue weighted by atomic mass is 32.2. The predicted molar refractivity (Wildman–Crippen MR) is 119 cm³/mol. The van der Waals surface area contributed by atoms with Crippen LogP contribution >= 0.6 is 23.5 Å². The molecule has 0 unspecified atom stereocenters. The summed E-state index contributed by atoms with van der Waals surface area (Å²) < 4.78 is 8.03. The molecule has 4 heterocycles. The van der Waals surface area contributed by atoms with Crippen LogP contribution in [0.3, 0.4) is 0 Å². The van der Waals surface area contributed by atoms with E-state index in [1.165, 1.54) is 29.1 Å². The second-order valence-electron chi connectivity index (χ2n) is 8.11. The third-order valence-corrected chi connectivity index (χ3v) is 8.17. The molecule has 5 rings (SSSR count). The molecule has 29 heavy (non-hydrogen) atoms. The van der Waals surface area contributed by atoms with Gasteiger partial charge in [-0.2, -0.15) is 0 Å². The fraction of sp³-hybridized carbons (Fsp3) is 0.455. The van der Waals surface area contributed by atoms with Crippen LogP contribution in [0, 0.1) is 5.41 Å². The van der Waals surface area contributed by atoms with E-state index in [0.717, 1.165) is 36.2 Å². The van der Waals surface area contributed by atoms with Gasteiger partial charge in [0.25, 0.3) is 0 Å². The normalized spacial score (nSPS) is 21.3. The van der Waals surface area contributed by atoms with Crippen molar-refractivity contribution in [1.29, 1.82) is 0 Å². The summed E-state index contributed by atoms with van der Waals surface area (Å²) in [6.45, 7) is 5.17. The smallest absolute Gasteiger partial charge is 0.211 e. The van der Waals surface area contributed by atoms with E-state index >= 15 is 0 Å². The Balaban J connectivity index is 1.40. The minimum absolute atomic E-state index is 0.376. The lowest BCUT2D eigenvalue weighted by Gasteiger charge is -2.39. The van der Waals surface area contributed by atoms with Gasteiger partial charge in [0.05, 0.1) is 17.6 Å². The monoisotopic (exact) mass is 426 g/mol. The van der Waals surface area contributed by atoms with Gasteiger partial charge >= 0.3 is 0 Å². The SMILES string of the molecule is CSc1ccccc1Sc1cnc(N2CCC3(CC2)CO[C@@H](C)C3)n2ccnc12. The summed E-state index contributed by atoms with van der Waals surface area (Å²) in [5, 5.41) is 0. The molecule has 2 aromatic heterocycles. The lowest BCUT2D eigenvalue weighted by Crippen LogP contribution is -2.41. The van der Waals surface area contributed by atoms with Gasteiger partial charge < -0.3 is 9.64 Å². The highest BCUT2D eigenvalue weighted by Crippen LogP contribution is 2.43. The van der Waals surface area contributed by atoms with Crippen molar-refractivity contribution < 1.29 is 4.74 Å². The largest absolute Gasteiger partial charge is 0.378 e. The molecule has 2 aliphatic rings. The molecule has 0 radical (unpaired) electrons. The van der Waals surface area contributed by atoms with Crippen LogP contribution in [0.4, 0.5) is 5.95 Å². The second kappa shape index (κ2) is 7.85. The number of imidazole rings is 1. The number of fused-ring (bicyclic) bond motifs is 1. The molecule has 0 N–H and O–H groups in total. The Bertz CT molecular complexity index is 1010. The van der Waals surface area contributed by atoms with Crippen LogP contribution in [0.25, 0.3) is 5.65 Å². The molecule has 1 atom stereocenters. The van der Waals surface area contributed by atoms with Crippen molar-refractivity contribution in [1.82, 2.24) is 14.4 Å². The minimum atomic E-state index is 0.376. The summed E-state index contributed by atoms with van der Waals surface area (Å²) >= 11 is 3.51. The fourth-order valence-electron chi connectivity index (χ4n) is 4.59. The van der Waals surface area contributed by atoms with Crippen molar-refractivity contribution in [2.24, 2.45) is 5.41 Å². The van der Waals surface area contributed by atoms with Crippen LogP contribution in [-0.2, 0) is 4.74 Å². The van der Waals surface area contributed by atoms with Crippen molar-refractivity contribution in [2.75, 3.05) is 30.9 Å². The standard InChI is InChI=1S/C22H26N4OS2/c1-16-13-22(15-27-16)7-10-25(11-8-22)21-24-14-19(20-23-9-12-26(20)21)29-18-6-4-3-5-17(18)28-2/h3-6,9,12,14,16H,7-8,10-11,13,15H2,1-2H3/t16-/m0/s1. The van der Waals surface area contributed by atoms with Crippen molar-refractivity contribution >= 4 is 35.1 Å². The molecule has 0 bridgehead atoms. The van der Waals surface area contributed by atoms with E-state index in [0.29, 0.717) is 11.5 Å². The molecule has 2 saturated heterocycles. The number of piperidine rings is 1. The Morgan fingerprint density at radius 2 is 1.90 bits per heavy atom. The van der Waals surface area contributed by atoms with Gasteiger partial charge in [0.1, 0.15) is 0 Å². The first-order valence-corrected chi connectivity index (χ1v) is 12.2. The molecule has 0 saturated carbocycles. The van der Waals surface area contributed by atoms with Crippen molar-refractivity contribution in [3.63, 3.8) is 0 Å². The predicted octanol–water partition coefficient (Wildman–Crippen LogP) is 5.00. The van der Waals surface area contributed by atoms with Crippen molar-refractivity contribution in [3.05, 3.63) is 42.9 Å². The van der Waals surface area contributed by atoms with E-state index in [-0.39, 0.29) is 0 Å². The number of ether oxygens (including phenoxy) is 1. The molecule has 5 nitrogen and oxygen atoms in total. The number of aromatic nitrogens is 3. The van der Waals surface area contributed by atoms with Crippen LogP contribution in [0.2, 0.25) is 0 Å². The number of benzene rings is 1. The van der Waals surface area contributed by atoms with Crippen LogP contribution < -0.4 is 4.90 Å². The number of thioether (sulfide) groups is 1. The van der Waals surface area contributed by atoms with Gasteiger partial charge in [-0.25, -0.2) is 9.97 Å². The van der Waals surface area contributed by atoms with Gasteiger partial charge in [-0.3, -0.25) is 4.40 Å². The Kier molecular flexibility index (Phi) is 5.22. The summed E-state index contributed by atoms with van der Waals surface area (Å²) in [6, 6.07) is 8.50. The van der Waals surface area contributed by atoms with Crippen LogP contribution in [0.1, 0.15) is 26.2 Å². The van der Waals surface area contributed by atoms with E-state index in [2.05, 4.69) is 51.7 Å². The molecule has 1 spiro atoms. The molecule has 3 aromatic rings. The highest BCUT2D eigenvalue weighted by molar-refractivity contribution is 8.02. The quantitative estimate of drug-likeness (QED) is 0.547. The molecule has 0 amide bonds. The van der Waals surface area contributed by atoms with Crippen LogP contribution in [0.5, 0.6) is 0 Å². The summed E-state index contributed by atoms with van der Waals surface area (Å²) in [7, 11) is 0. The van der Waals surface area contributed by atoms with Gasteiger partial charge in [0.2, 0.25) is 5.95 Å². The third-order valence-electron chi connectivity index (χ3n) is 6.16. The Morgan fingerprint density at radius 3 is 2.62 bits per heavy atom. The maximum absolute atomic E-state index is 5.88. The number of anilines is 1. The van der Waals surface area contributed by atoms with E-state index in [9.17, 15) is 0 Å². The highest BCUT2D eigenvalue weighted by Gasteiger charge is 2.41. The molecule has 2 fully saturated rings. The zero-order chi connectivity index (χ0) is 19.8. The lowest BCUT2D eigenvalue weighted by atomic mass is 9.77. The topological polar surface area (TPSA) is 42.7 Å². The molecular formula is C22H26N4OS2.